The Labute approximate surface area is 124 Å². The largest absolute Gasteiger partial charge is 0.371 e. The summed E-state index contributed by atoms with van der Waals surface area (Å²) in [5.74, 6) is 0.707. The van der Waals surface area contributed by atoms with Crippen molar-refractivity contribution in [2.75, 3.05) is 13.1 Å². The van der Waals surface area contributed by atoms with Crippen molar-refractivity contribution in [2.24, 2.45) is 5.92 Å². The van der Waals surface area contributed by atoms with Crippen LogP contribution in [0.4, 0.5) is 0 Å². The number of ether oxygens (including phenoxy) is 1. The minimum absolute atomic E-state index is 0.0387. The Balaban J connectivity index is 2.50. The van der Waals surface area contributed by atoms with Crippen LogP contribution in [0.25, 0.3) is 0 Å². The maximum Gasteiger partial charge on any atom is 0.0726 e. The van der Waals surface area contributed by atoms with Crippen LogP contribution in [0.3, 0.4) is 0 Å². The van der Waals surface area contributed by atoms with Crippen molar-refractivity contribution in [3.8, 4) is 0 Å². The van der Waals surface area contributed by atoms with Crippen LogP contribution in [0.5, 0.6) is 0 Å². The lowest BCUT2D eigenvalue weighted by atomic mass is 10.0. The van der Waals surface area contributed by atoms with Gasteiger partial charge in [-0.2, -0.15) is 0 Å². The van der Waals surface area contributed by atoms with Gasteiger partial charge < -0.3 is 10.1 Å². The van der Waals surface area contributed by atoms with Crippen molar-refractivity contribution >= 4 is 0 Å². The first-order valence-corrected chi connectivity index (χ1v) is 7.86. The zero-order valence-electron chi connectivity index (χ0n) is 13.8. The second-order valence-electron chi connectivity index (χ2n) is 6.52. The lowest BCUT2D eigenvalue weighted by molar-refractivity contribution is -0.0318. The number of benzene rings is 1. The first kappa shape index (κ1) is 17.2. The molecular formula is C18H31NO. The molecule has 0 unspecified atom stereocenters. The zero-order valence-corrected chi connectivity index (χ0v) is 13.8. The molecule has 114 valence electrons. The quantitative estimate of drug-likeness (QED) is 0.684. The maximum atomic E-state index is 6.03. The average molecular weight is 277 g/mol. The van der Waals surface area contributed by atoms with E-state index in [1.54, 1.807) is 0 Å². The molecule has 0 saturated heterocycles. The number of rotatable bonds is 9. The Kier molecular flexibility index (Phi) is 7.25. The Hall–Kier alpha value is -0.860. The number of nitrogens with one attached hydrogen (secondary N) is 1. The van der Waals surface area contributed by atoms with E-state index in [4.69, 9.17) is 4.74 Å². The van der Waals surface area contributed by atoms with Crippen molar-refractivity contribution in [1.29, 1.82) is 0 Å². The summed E-state index contributed by atoms with van der Waals surface area (Å²) in [5, 5.41) is 3.50. The lowest BCUT2D eigenvalue weighted by Crippen LogP contribution is -2.24. The predicted octanol–water partition coefficient (Wildman–Crippen LogP) is 4.18. The Morgan fingerprint density at radius 1 is 1.15 bits per heavy atom. The molecule has 0 spiro atoms. The van der Waals surface area contributed by atoms with Gasteiger partial charge >= 0.3 is 0 Å². The van der Waals surface area contributed by atoms with Crippen LogP contribution < -0.4 is 5.32 Å². The fourth-order valence-corrected chi connectivity index (χ4v) is 1.93. The molecule has 2 heteroatoms. The second kappa shape index (κ2) is 8.43. The van der Waals surface area contributed by atoms with Gasteiger partial charge in [0.05, 0.1) is 12.2 Å². The van der Waals surface area contributed by atoms with Gasteiger partial charge in [0.25, 0.3) is 0 Å². The zero-order chi connectivity index (χ0) is 15.0. The molecule has 0 heterocycles. The van der Waals surface area contributed by atoms with Crippen molar-refractivity contribution in [2.45, 2.75) is 59.7 Å². The van der Waals surface area contributed by atoms with E-state index in [0.717, 1.165) is 25.9 Å². The third-order valence-electron chi connectivity index (χ3n) is 3.71. The fraction of sp³-hybridized carbons (Fsp3) is 0.667. The van der Waals surface area contributed by atoms with Gasteiger partial charge in [-0.25, -0.2) is 0 Å². The summed E-state index contributed by atoms with van der Waals surface area (Å²) in [4.78, 5) is 0. The Bertz CT molecular complexity index is 385. The lowest BCUT2D eigenvalue weighted by Gasteiger charge is -2.24. The molecule has 1 aromatic carbocycles. The monoisotopic (exact) mass is 277 g/mol. The normalized spacial score (nSPS) is 12.1. The standard InChI is InChI=1S/C18H31NO/c1-6-18(4,5)20-14-17-10-8-7-9-16(17)11-12-19-13-15(2)3/h7-10,15,19H,6,11-14H2,1-5H3. The minimum atomic E-state index is -0.0387. The molecule has 0 saturated carbocycles. The summed E-state index contributed by atoms with van der Waals surface area (Å²) in [5.41, 5.74) is 2.68. The van der Waals surface area contributed by atoms with E-state index in [1.165, 1.54) is 11.1 Å². The third kappa shape index (κ3) is 6.53. The van der Waals surface area contributed by atoms with Gasteiger partial charge in [-0.05, 0) is 56.8 Å². The maximum absolute atomic E-state index is 6.03. The highest BCUT2D eigenvalue weighted by Crippen LogP contribution is 2.18. The highest BCUT2D eigenvalue weighted by molar-refractivity contribution is 5.26. The highest BCUT2D eigenvalue weighted by atomic mass is 16.5. The molecule has 0 fully saturated rings. The smallest absolute Gasteiger partial charge is 0.0726 e. The highest BCUT2D eigenvalue weighted by Gasteiger charge is 2.15. The molecule has 0 aromatic heterocycles. The van der Waals surface area contributed by atoms with Crippen LogP contribution >= 0.6 is 0 Å². The van der Waals surface area contributed by atoms with Crippen LogP contribution in [-0.2, 0) is 17.8 Å². The van der Waals surface area contributed by atoms with Crippen molar-refractivity contribution in [3.63, 3.8) is 0 Å². The van der Waals surface area contributed by atoms with Gasteiger partial charge in [0.2, 0.25) is 0 Å². The third-order valence-corrected chi connectivity index (χ3v) is 3.71. The van der Waals surface area contributed by atoms with E-state index in [9.17, 15) is 0 Å². The van der Waals surface area contributed by atoms with Crippen molar-refractivity contribution in [3.05, 3.63) is 35.4 Å². The van der Waals surface area contributed by atoms with Gasteiger partial charge in [-0.1, -0.05) is 45.0 Å². The first-order chi connectivity index (χ1) is 9.44. The minimum Gasteiger partial charge on any atom is -0.371 e. The van der Waals surface area contributed by atoms with Crippen LogP contribution in [0, 0.1) is 5.92 Å². The molecule has 0 aliphatic rings. The average Bonchev–Trinajstić information content (AvgIpc) is 2.42. The fourth-order valence-electron chi connectivity index (χ4n) is 1.93. The summed E-state index contributed by atoms with van der Waals surface area (Å²) in [6.07, 6.45) is 2.10. The molecular weight excluding hydrogens is 246 g/mol. The van der Waals surface area contributed by atoms with Gasteiger partial charge in [0, 0.05) is 0 Å². The summed E-state index contributed by atoms with van der Waals surface area (Å²) >= 11 is 0. The Morgan fingerprint density at radius 3 is 2.40 bits per heavy atom. The second-order valence-corrected chi connectivity index (χ2v) is 6.52. The number of hydrogen-bond acceptors (Lipinski definition) is 2. The first-order valence-electron chi connectivity index (χ1n) is 7.86. The van der Waals surface area contributed by atoms with E-state index in [1.807, 2.05) is 0 Å². The van der Waals surface area contributed by atoms with E-state index in [2.05, 4.69) is 64.2 Å². The van der Waals surface area contributed by atoms with E-state index >= 15 is 0 Å². The molecule has 1 rings (SSSR count). The molecule has 1 N–H and O–H groups in total. The molecule has 0 radical (unpaired) electrons. The summed E-state index contributed by atoms with van der Waals surface area (Å²) in [7, 11) is 0. The van der Waals surface area contributed by atoms with Crippen LogP contribution in [0.2, 0.25) is 0 Å². The predicted molar refractivity (Wildman–Crippen MR) is 87.0 cm³/mol. The van der Waals surface area contributed by atoms with Crippen molar-refractivity contribution in [1.82, 2.24) is 5.32 Å². The van der Waals surface area contributed by atoms with Crippen LogP contribution in [0.15, 0.2) is 24.3 Å². The molecule has 0 atom stereocenters. The van der Waals surface area contributed by atoms with Gasteiger partial charge in [0.1, 0.15) is 0 Å². The van der Waals surface area contributed by atoms with Gasteiger partial charge in [-0.15, -0.1) is 0 Å². The molecule has 0 aliphatic heterocycles. The molecule has 1 aromatic rings. The van der Waals surface area contributed by atoms with Gasteiger partial charge in [-0.3, -0.25) is 0 Å². The van der Waals surface area contributed by atoms with E-state index in [-0.39, 0.29) is 5.60 Å². The SMILES string of the molecule is CCC(C)(C)OCc1ccccc1CCNCC(C)C. The summed E-state index contributed by atoms with van der Waals surface area (Å²) in [6, 6.07) is 8.62. The molecule has 20 heavy (non-hydrogen) atoms. The molecule has 0 bridgehead atoms. The molecule has 0 aliphatic carbocycles. The summed E-state index contributed by atoms with van der Waals surface area (Å²) < 4.78 is 6.03. The van der Waals surface area contributed by atoms with Crippen molar-refractivity contribution < 1.29 is 4.74 Å². The Morgan fingerprint density at radius 2 is 1.80 bits per heavy atom. The van der Waals surface area contributed by atoms with Crippen LogP contribution in [0.1, 0.15) is 52.2 Å². The topological polar surface area (TPSA) is 21.3 Å². The van der Waals surface area contributed by atoms with E-state index in [0.29, 0.717) is 12.5 Å². The molecule has 2 nitrogen and oxygen atoms in total. The van der Waals surface area contributed by atoms with Gasteiger partial charge in [0.15, 0.2) is 0 Å². The summed E-state index contributed by atoms with van der Waals surface area (Å²) in [6.45, 7) is 13.8. The van der Waals surface area contributed by atoms with Crippen LogP contribution in [-0.4, -0.2) is 18.7 Å². The van der Waals surface area contributed by atoms with E-state index < -0.39 is 0 Å². The molecule has 0 amide bonds. The number of hydrogen-bond donors (Lipinski definition) is 1.